The Kier molecular flexibility index (Phi) is 4.87. The molecule has 19 heavy (non-hydrogen) atoms. The number of esters is 1. The molecule has 0 fully saturated rings. The van der Waals surface area contributed by atoms with Crippen LogP contribution in [-0.4, -0.2) is 17.7 Å². The van der Waals surface area contributed by atoms with Crippen LogP contribution in [0.25, 0.3) is 0 Å². The first-order valence-corrected chi connectivity index (χ1v) is 7.06. The number of thioether (sulfide) groups is 1. The molecule has 0 atom stereocenters. The van der Waals surface area contributed by atoms with Crippen molar-refractivity contribution in [3.05, 3.63) is 46.8 Å². The lowest BCUT2D eigenvalue weighted by Gasteiger charge is -1.98. The second-order valence-electron chi connectivity index (χ2n) is 3.64. The van der Waals surface area contributed by atoms with Gasteiger partial charge >= 0.3 is 5.97 Å². The van der Waals surface area contributed by atoms with E-state index >= 15 is 0 Å². The number of hydrogen-bond donors (Lipinski definition) is 0. The summed E-state index contributed by atoms with van der Waals surface area (Å²) in [5, 5.41) is 4.38. The number of aromatic nitrogens is 1. The van der Waals surface area contributed by atoms with Crippen molar-refractivity contribution in [2.24, 2.45) is 0 Å². The minimum Gasteiger partial charge on any atom is -0.461 e. The smallest absolute Gasteiger partial charge is 0.360 e. The summed E-state index contributed by atoms with van der Waals surface area (Å²) in [6.45, 7) is 2.07. The molecule has 0 aliphatic rings. The van der Waals surface area contributed by atoms with Crippen molar-refractivity contribution in [1.82, 2.24) is 5.16 Å². The molecule has 0 saturated heterocycles. The topological polar surface area (TPSA) is 52.3 Å². The van der Waals surface area contributed by atoms with E-state index in [1.165, 1.54) is 0 Å². The van der Waals surface area contributed by atoms with Gasteiger partial charge in [0.15, 0.2) is 5.69 Å². The normalized spacial score (nSPS) is 10.4. The van der Waals surface area contributed by atoms with Crippen molar-refractivity contribution in [1.29, 1.82) is 0 Å². The molecule has 2 rings (SSSR count). The van der Waals surface area contributed by atoms with Gasteiger partial charge in [0, 0.05) is 16.0 Å². The monoisotopic (exact) mass is 297 g/mol. The number of carbonyl (C=O) groups excluding carboxylic acids is 1. The number of ether oxygens (including phenoxy) is 1. The summed E-state index contributed by atoms with van der Waals surface area (Å²) in [7, 11) is 0. The molecule has 100 valence electrons. The van der Waals surface area contributed by atoms with Gasteiger partial charge in [-0.2, -0.15) is 0 Å². The van der Waals surface area contributed by atoms with Crippen LogP contribution in [0.1, 0.15) is 23.2 Å². The number of carbonyl (C=O) groups is 1. The molecule has 0 amide bonds. The number of nitrogens with zero attached hydrogens (tertiary/aromatic N) is 1. The number of halogens is 1. The molecule has 1 aromatic carbocycles. The highest BCUT2D eigenvalue weighted by Crippen LogP contribution is 2.24. The van der Waals surface area contributed by atoms with Crippen molar-refractivity contribution in [2.45, 2.75) is 17.6 Å². The predicted octanol–water partition coefficient (Wildman–Crippen LogP) is 3.80. The summed E-state index contributed by atoms with van der Waals surface area (Å²) >= 11 is 7.38. The minimum absolute atomic E-state index is 0.202. The second-order valence-corrected chi connectivity index (χ2v) is 5.13. The highest BCUT2D eigenvalue weighted by molar-refractivity contribution is 7.98. The van der Waals surface area contributed by atoms with E-state index in [1.807, 2.05) is 24.3 Å². The van der Waals surface area contributed by atoms with Crippen molar-refractivity contribution in [3.8, 4) is 0 Å². The van der Waals surface area contributed by atoms with E-state index in [2.05, 4.69) is 5.16 Å². The van der Waals surface area contributed by atoms with Crippen molar-refractivity contribution in [3.63, 3.8) is 0 Å². The lowest BCUT2D eigenvalue weighted by Crippen LogP contribution is -2.04. The molecule has 1 aromatic heterocycles. The number of benzene rings is 1. The van der Waals surface area contributed by atoms with Gasteiger partial charge in [-0.05, 0) is 31.2 Å². The summed E-state index contributed by atoms with van der Waals surface area (Å²) in [5.41, 5.74) is 0.202. The molecule has 1 heterocycles. The first kappa shape index (κ1) is 14.0. The Labute approximate surface area is 120 Å². The predicted molar refractivity (Wildman–Crippen MR) is 73.5 cm³/mol. The molecule has 0 radical (unpaired) electrons. The third-order valence-electron chi connectivity index (χ3n) is 2.24. The van der Waals surface area contributed by atoms with Gasteiger partial charge in [0.1, 0.15) is 5.76 Å². The fourth-order valence-electron chi connectivity index (χ4n) is 1.37. The van der Waals surface area contributed by atoms with Gasteiger partial charge < -0.3 is 9.26 Å². The zero-order valence-electron chi connectivity index (χ0n) is 10.3. The largest absolute Gasteiger partial charge is 0.461 e. The van der Waals surface area contributed by atoms with Crippen LogP contribution in [0.4, 0.5) is 0 Å². The Balaban J connectivity index is 1.93. The van der Waals surface area contributed by atoms with Gasteiger partial charge in [-0.15, -0.1) is 11.8 Å². The third kappa shape index (κ3) is 4.01. The molecule has 0 unspecified atom stereocenters. The maximum absolute atomic E-state index is 11.4. The van der Waals surface area contributed by atoms with Crippen molar-refractivity contribution < 1.29 is 14.1 Å². The summed E-state index contributed by atoms with van der Waals surface area (Å²) in [4.78, 5) is 12.5. The van der Waals surface area contributed by atoms with Crippen LogP contribution < -0.4 is 0 Å². The van der Waals surface area contributed by atoms with E-state index in [1.54, 1.807) is 24.8 Å². The number of hydrogen-bond acceptors (Lipinski definition) is 5. The minimum atomic E-state index is -0.464. The van der Waals surface area contributed by atoms with Crippen molar-refractivity contribution >= 4 is 29.3 Å². The number of rotatable bonds is 5. The zero-order chi connectivity index (χ0) is 13.7. The molecular formula is C13H12ClNO3S. The lowest BCUT2D eigenvalue weighted by atomic mass is 10.4. The fraction of sp³-hybridized carbons (Fsp3) is 0.231. The molecule has 0 saturated carbocycles. The van der Waals surface area contributed by atoms with E-state index in [-0.39, 0.29) is 5.69 Å². The summed E-state index contributed by atoms with van der Waals surface area (Å²) in [6, 6.07) is 9.11. The highest BCUT2D eigenvalue weighted by Gasteiger charge is 2.13. The molecule has 0 spiro atoms. The van der Waals surface area contributed by atoms with E-state index in [4.69, 9.17) is 20.9 Å². The first-order valence-electron chi connectivity index (χ1n) is 5.70. The molecule has 0 bridgehead atoms. The highest BCUT2D eigenvalue weighted by atomic mass is 35.5. The molecular weight excluding hydrogens is 286 g/mol. The Bertz CT molecular complexity index is 553. The maximum atomic E-state index is 11.4. The summed E-state index contributed by atoms with van der Waals surface area (Å²) < 4.78 is 9.91. The van der Waals surface area contributed by atoms with Gasteiger partial charge in [0.2, 0.25) is 0 Å². The zero-order valence-corrected chi connectivity index (χ0v) is 11.8. The lowest BCUT2D eigenvalue weighted by molar-refractivity contribution is 0.0514. The Morgan fingerprint density at radius 1 is 1.42 bits per heavy atom. The first-order chi connectivity index (χ1) is 9.19. The van der Waals surface area contributed by atoms with Crippen LogP contribution in [0.15, 0.2) is 39.8 Å². The molecule has 0 N–H and O–H groups in total. The Morgan fingerprint density at radius 2 is 2.16 bits per heavy atom. The van der Waals surface area contributed by atoms with Gasteiger partial charge in [0.25, 0.3) is 0 Å². The Morgan fingerprint density at radius 3 is 2.84 bits per heavy atom. The quantitative estimate of drug-likeness (QED) is 0.620. The average molecular weight is 298 g/mol. The average Bonchev–Trinajstić information content (AvgIpc) is 2.87. The third-order valence-corrected chi connectivity index (χ3v) is 3.52. The Hall–Kier alpha value is -1.46. The van der Waals surface area contributed by atoms with Gasteiger partial charge in [0.05, 0.1) is 12.4 Å². The van der Waals surface area contributed by atoms with Crippen LogP contribution in [0.3, 0.4) is 0 Å². The molecule has 0 aliphatic carbocycles. The van der Waals surface area contributed by atoms with Crippen molar-refractivity contribution in [2.75, 3.05) is 6.61 Å². The molecule has 6 heteroatoms. The standard InChI is InChI=1S/C13H12ClNO3S/c1-2-17-13(16)12-7-10(18-15-12)8-19-11-5-3-9(14)4-6-11/h3-7H,2,8H2,1H3. The summed E-state index contributed by atoms with van der Waals surface area (Å²) in [6.07, 6.45) is 0. The van der Waals surface area contributed by atoms with E-state index in [0.717, 1.165) is 4.90 Å². The van der Waals surface area contributed by atoms with Gasteiger partial charge in [-0.1, -0.05) is 16.8 Å². The van der Waals surface area contributed by atoms with Crippen LogP contribution in [0.5, 0.6) is 0 Å². The van der Waals surface area contributed by atoms with E-state index in [9.17, 15) is 4.79 Å². The van der Waals surface area contributed by atoms with Crippen LogP contribution >= 0.6 is 23.4 Å². The molecule has 2 aromatic rings. The van der Waals surface area contributed by atoms with Crippen LogP contribution in [-0.2, 0) is 10.5 Å². The van der Waals surface area contributed by atoms with Crippen LogP contribution in [0.2, 0.25) is 5.02 Å². The van der Waals surface area contributed by atoms with Gasteiger partial charge in [-0.25, -0.2) is 4.79 Å². The van der Waals surface area contributed by atoms with E-state index in [0.29, 0.717) is 23.1 Å². The molecule has 4 nitrogen and oxygen atoms in total. The molecule has 0 aliphatic heterocycles. The van der Waals surface area contributed by atoms with Crippen LogP contribution in [0, 0.1) is 0 Å². The maximum Gasteiger partial charge on any atom is 0.360 e. The fourth-order valence-corrected chi connectivity index (χ4v) is 2.27. The van der Waals surface area contributed by atoms with Gasteiger partial charge in [-0.3, -0.25) is 0 Å². The second kappa shape index (κ2) is 6.63. The van der Waals surface area contributed by atoms with E-state index < -0.39 is 5.97 Å². The SMILES string of the molecule is CCOC(=O)c1cc(CSc2ccc(Cl)cc2)on1. The summed E-state index contributed by atoms with van der Waals surface area (Å²) in [5.74, 6) is 0.755.